The second-order valence-electron chi connectivity index (χ2n) is 6.32. The smallest absolute Gasteiger partial charge is 0.323 e. The first-order chi connectivity index (χ1) is 12.1. The maximum absolute atomic E-state index is 12.3. The zero-order chi connectivity index (χ0) is 17.8. The molecule has 1 heterocycles. The van der Waals surface area contributed by atoms with Crippen LogP contribution in [0.15, 0.2) is 41.2 Å². The standard InChI is InChI=1S/C20H23N3O2/c1-3-15-8-4-6-13(2)19(15)23-18(24)9-5-7-14-10-11-16-17(12-14)22-20(25)21-16/h4,6,8,10-12H,3,5,7,9H2,1-2H3,(H,23,24)(H2,21,22,25). The molecule has 0 fully saturated rings. The molecule has 25 heavy (non-hydrogen) atoms. The highest BCUT2D eigenvalue weighted by Gasteiger charge is 2.09. The summed E-state index contributed by atoms with van der Waals surface area (Å²) in [5.41, 5.74) is 5.72. The zero-order valence-corrected chi connectivity index (χ0v) is 14.6. The van der Waals surface area contributed by atoms with Crippen molar-refractivity contribution < 1.29 is 4.79 Å². The Bertz CT molecular complexity index is 953. The molecule has 0 unspecified atom stereocenters. The summed E-state index contributed by atoms with van der Waals surface area (Å²) >= 11 is 0. The van der Waals surface area contributed by atoms with E-state index in [0.717, 1.165) is 52.7 Å². The number of imidazole rings is 1. The van der Waals surface area contributed by atoms with Crippen molar-refractivity contribution in [3.63, 3.8) is 0 Å². The molecule has 0 saturated carbocycles. The van der Waals surface area contributed by atoms with Gasteiger partial charge in [0.1, 0.15) is 0 Å². The third kappa shape index (κ3) is 3.99. The van der Waals surface area contributed by atoms with Crippen molar-refractivity contribution in [2.75, 3.05) is 5.32 Å². The van der Waals surface area contributed by atoms with Crippen LogP contribution < -0.4 is 11.0 Å². The summed E-state index contributed by atoms with van der Waals surface area (Å²) in [6.07, 6.45) is 2.93. The number of amides is 1. The van der Waals surface area contributed by atoms with Crippen LogP contribution in [0.4, 0.5) is 5.69 Å². The molecule has 5 nitrogen and oxygen atoms in total. The number of aromatic amines is 2. The zero-order valence-electron chi connectivity index (χ0n) is 14.6. The molecule has 0 saturated heterocycles. The fourth-order valence-electron chi connectivity index (χ4n) is 3.09. The van der Waals surface area contributed by atoms with Crippen LogP contribution >= 0.6 is 0 Å². The molecule has 0 bridgehead atoms. The number of hydrogen-bond donors (Lipinski definition) is 3. The van der Waals surface area contributed by atoms with Gasteiger partial charge < -0.3 is 15.3 Å². The van der Waals surface area contributed by atoms with Crippen molar-refractivity contribution >= 4 is 22.6 Å². The summed E-state index contributed by atoms with van der Waals surface area (Å²) in [5, 5.41) is 3.06. The quantitative estimate of drug-likeness (QED) is 0.641. The minimum Gasteiger partial charge on any atom is -0.326 e. The van der Waals surface area contributed by atoms with Gasteiger partial charge in [0.25, 0.3) is 0 Å². The Morgan fingerprint density at radius 1 is 1.12 bits per heavy atom. The molecule has 5 heteroatoms. The van der Waals surface area contributed by atoms with E-state index in [1.807, 2.05) is 37.3 Å². The lowest BCUT2D eigenvalue weighted by molar-refractivity contribution is -0.116. The van der Waals surface area contributed by atoms with E-state index in [0.29, 0.717) is 6.42 Å². The number of para-hydroxylation sites is 1. The molecule has 0 aliphatic carbocycles. The van der Waals surface area contributed by atoms with E-state index in [2.05, 4.69) is 28.3 Å². The van der Waals surface area contributed by atoms with Gasteiger partial charge in [-0.1, -0.05) is 31.2 Å². The predicted octanol–water partition coefficient (Wildman–Crippen LogP) is 3.69. The average Bonchev–Trinajstić information content (AvgIpc) is 2.96. The second-order valence-corrected chi connectivity index (χ2v) is 6.32. The van der Waals surface area contributed by atoms with Gasteiger partial charge >= 0.3 is 5.69 Å². The normalized spacial score (nSPS) is 11.0. The van der Waals surface area contributed by atoms with E-state index in [1.165, 1.54) is 0 Å². The molecule has 0 atom stereocenters. The number of rotatable bonds is 6. The van der Waals surface area contributed by atoms with Crippen LogP contribution in [0, 0.1) is 6.92 Å². The molecule has 0 aliphatic rings. The topological polar surface area (TPSA) is 77.8 Å². The number of nitrogens with one attached hydrogen (secondary N) is 3. The number of aryl methyl sites for hydroxylation is 3. The van der Waals surface area contributed by atoms with Gasteiger partial charge in [-0.05, 0) is 55.0 Å². The van der Waals surface area contributed by atoms with E-state index in [1.54, 1.807) is 0 Å². The van der Waals surface area contributed by atoms with Gasteiger partial charge in [-0.25, -0.2) is 4.79 Å². The third-order valence-electron chi connectivity index (χ3n) is 4.45. The van der Waals surface area contributed by atoms with Gasteiger partial charge in [0.2, 0.25) is 5.91 Å². The Hall–Kier alpha value is -2.82. The first-order valence-electron chi connectivity index (χ1n) is 8.66. The number of hydrogen-bond acceptors (Lipinski definition) is 2. The van der Waals surface area contributed by atoms with E-state index in [9.17, 15) is 9.59 Å². The molecule has 3 N–H and O–H groups in total. The van der Waals surface area contributed by atoms with Crippen LogP contribution in [0.2, 0.25) is 0 Å². The Morgan fingerprint density at radius 3 is 2.72 bits per heavy atom. The Morgan fingerprint density at radius 2 is 1.92 bits per heavy atom. The third-order valence-corrected chi connectivity index (χ3v) is 4.45. The molecule has 3 aromatic rings. The lowest BCUT2D eigenvalue weighted by Crippen LogP contribution is -2.14. The molecular weight excluding hydrogens is 314 g/mol. The van der Waals surface area contributed by atoms with Crippen LogP contribution in [0.25, 0.3) is 11.0 Å². The number of anilines is 1. The summed E-state index contributed by atoms with van der Waals surface area (Å²) < 4.78 is 0. The van der Waals surface area contributed by atoms with Crippen LogP contribution in [0.1, 0.15) is 36.5 Å². The monoisotopic (exact) mass is 337 g/mol. The number of aromatic nitrogens is 2. The summed E-state index contributed by atoms with van der Waals surface area (Å²) in [7, 11) is 0. The molecular formula is C20H23N3O2. The van der Waals surface area contributed by atoms with Gasteiger partial charge in [-0.2, -0.15) is 0 Å². The van der Waals surface area contributed by atoms with Gasteiger partial charge in [-0.3, -0.25) is 4.79 Å². The van der Waals surface area contributed by atoms with Crippen molar-refractivity contribution in [2.24, 2.45) is 0 Å². The van der Waals surface area contributed by atoms with E-state index in [4.69, 9.17) is 0 Å². The highest BCUT2D eigenvalue weighted by Crippen LogP contribution is 2.21. The maximum Gasteiger partial charge on any atom is 0.323 e. The van der Waals surface area contributed by atoms with E-state index < -0.39 is 0 Å². The first kappa shape index (κ1) is 17.0. The number of H-pyrrole nitrogens is 2. The van der Waals surface area contributed by atoms with Crippen LogP contribution in [-0.2, 0) is 17.6 Å². The van der Waals surface area contributed by atoms with Gasteiger partial charge in [-0.15, -0.1) is 0 Å². The van der Waals surface area contributed by atoms with Crippen LogP contribution in [0.3, 0.4) is 0 Å². The van der Waals surface area contributed by atoms with E-state index >= 15 is 0 Å². The fourth-order valence-corrected chi connectivity index (χ4v) is 3.09. The summed E-state index contributed by atoms with van der Waals surface area (Å²) in [5.74, 6) is 0.0418. The van der Waals surface area contributed by atoms with Gasteiger partial charge in [0.15, 0.2) is 0 Å². The van der Waals surface area contributed by atoms with Crippen molar-refractivity contribution in [1.29, 1.82) is 0 Å². The summed E-state index contributed by atoms with van der Waals surface area (Å²) in [4.78, 5) is 29.1. The van der Waals surface area contributed by atoms with Crippen LogP contribution in [-0.4, -0.2) is 15.9 Å². The molecule has 2 aromatic carbocycles. The number of carbonyl (C=O) groups excluding carboxylic acids is 1. The lowest BCUT2D eigenvalue weighted by Gasteiger charge is -2.13. The highest BCUT2D eigenvalue weighted by atomic mass is 16.1. The van der Waals surface area contributed by atoms with Crippen molar-refractivity contribution in [2.45, 2.75) is 39.5 Å². The van der Waals surface area contributed by atoms with Crippen molar-refractivity contribution in [3.8, 4) is 0 Å². The number of fused-ring (bicyclic) bond motifs is 1. The lowest BCUT2D eigenvalue weighted by atomic mass is 10.0. The predicted molar refractivity (Wildman–Crippen MR) is 101 cm³/mol. The Labute approximate surface area is 146 Å². The molecule has 0 aliphatic heterocycles. The molecule has 1 amide bonds. The molecule has 0 spiro atoms. The SMILES string of the molecule is CCc1cccc(C)c1NC(=O)CCCc1ccc2[nH]c(=O)[nH]c2c1. The highest BCUT2D eigenvalue weighted by molar-refractivity contribution is 5.92. The van der Waals surface area contributed by atoms with Crippen molar-refractivity contribution in [3.05, 3.63) is 63.6 Å². The first-order valence-corrected chi connectivity index (χ1v) is 8.66. The molecule has 0 radical (unpaired) electrons. The number of benzene rings is 2. The second kappa shape index (κ2) is 7.38. The Balaban J connectivity index is 1.58. The summed E-state index contributed by atoms with van der Waals surface area (Å²) in [6.45, 7) is 4.10. The van der Waals surface area contributed by atoms with E-state index in [-0.39, 0.29) is 11.6 Å². The molecule has 130 valence electrons. The summed E-state index contributed by atoms with van der Waals surface area (Å²) in [6, 6.07) is 11.9. The number of carbonyl (C=O) groups is 1. The van der Waals surface area contributed by atoms with Crippen LogP contribution in [0.5, 0.6) is 0 Å². The largest absolute Gasteiger partial charge is 0.326 e. The van der Waals surface area contributed by atoms with Gasteiger partial charge in [0, 0.05) is 12.1 Å². The fraction of sp³-hybridized carbons (Fsp3) is 0.300. The van der Waals surface area contributed by atoms with Gasteiger partial charge in [0.05, 0.1) is 11.0 Å². The minimum absolute atomic E-state index is 0.0418. The Kier molecular flexibility index (Phi) is 5.03. The minimum atomic E-state index is -0.198. The molecule has 1 aromatic heterocycles. The molecule has 3 rings (SSSR count). The van der Waals surface area contributed by atoms with Crippen molar-refractivity contribution in [1.82, 2.24) is 9.97 Å². The maximum atomic E-state index is 12.3. The average molecular weight is 337 g/mol.